The van der Waals surface area contributed by atoms with Gasteiger partial charge in [-0.15, -0.1) is 0 Å². The molecule has 0 N–H and O–H groups in total. The Morgan fingerprint density at radius 2 is 0.981 bits per heavy atom. The van der Waals surface area contributed by atoms with Crippen LogP contribution in [0.2, 0.25) is 0 Å². The van der Waals surface area contributed by atoms with E-state index >= 15 is 0 Å². The molecular formula is C50H32N4. The van der Waals surface area contributed by atoms with Crippen LogP contribution in [-0.4, -0.2) is 19.1 Å². The fourth-order valence-electron chi connectivity index (χ4n) is 8.26. The van der Waals surface area contributed by atoms with E-state index in [4.69, 9.17) is 9.97 Å². The number of pyridine rings is 2. The number of para-hydroxylation sites is 1. The molecule has 0 aliphatic rings. The molecule has 0 saturated heterocycles. The summed E-state index contributed by atoms with van der Waals surface area (Å²) in [6.45, 7) is 0. The van der Waals surface area contributed by atoms with Gasteiger partial charge in [0.15, 0.2) is 0 Å². The van der Waals surface area contributed by atoms with Crippen LogP contribution in [0.1, 0.15) is 0 Å². The molecular weight excluding hydrogens is 657 g/mol. The van der Waals surface area contributed by atoms with Crippen LogP contribution < -0.4 is 0 Å². The Morgan fingerprint density at radius 3 is 1.80 bits per heavy atom. The summed E-state index contributed by atoms with van der Waals surface area (Å²) < 4.78 is 4.68. The van der Waals surface area contributed by atoms with Crippen LogP contribution in [0.3, 0.4) is 0 Å². The molecule has 0 spiro atoms. The second-order valence-corrected chi connectivity index (χ2v) is 13.9. The molecule has 0 bridgehead atoms. The number of fused-ring (bicyclic) bond motifs is 7. The van der Waals surface area contributed by atoms with E-state index in [0.717, 1.165) is 61.3 Å². The van der Waals surface area contributed by atoms with Crippen LogP contribution in [0.4, 0.5) is 0 Å². The van der Waals surface area contributed by atoms with Gasteiger partial charge < -0.3 is 4.57 Å². The lowest BCUT2D eigenvalue weighted by molar-refractivity contribution is 1.08. The van der Waals surface area contributed by atoms with Gasteiger partial charge in [-0.1, -0.05) is 127 Å². The highest BCUT2D eigenvalue weighted by molar-refractivity contribution is 6.13. The smallest absolute Gasteiger partial charge is 0.138 e. The average Bonchev–Trinajstić information content (AvgIpc) is 3.76. The Bertz CT molecular complexity index is 3150. The summed E-state index contributed by atoms with van der Waals surface area (Å²) in [4.78, 5) is 10.2. The Balaban J connectivity index is 1.10. The minimum Gasteiger partial charge on any atom is -0.309 e. The highest BCUT2D eigenvalue weighted by atomic mass is 15.1. The Kier molecular flexibility index (Phi) is 6.82. The first-order valence-electron chi connectivity index (χ1n) is 18.3. The van der Waals surface area contributed by atoms with E-state index in [1.807, 2.05) is 18.3 Å². The van der Waals surface area contributed by atoms with Crippen molar-refractivity contribution in [1.29, 1.82) is 0 Å². The van der Waals surface area contributed by atoms with Gasteiger partial charge in [0, 0.05) is 33.3 Å². The van der Waals surface area contributed by atoms with Crippen molar-refractivity contribution in [2.45, 2.75) is 0 Å². The fourth-order valence-corrected chi connectivity index (χ4v) is 8.26. The number of hydrogen-bond donors (Lipinski definition) is 0. The van der Waals surface area contributed by atoms with E-state index in [1.54, 1.807) is 0 Å². The molecule has 7 aromatic carbocycles. The SMILES string of the molecule is c1ccc(-c2cc(-c3ccccc3)nc(-n3c4ccc(-c5ccc6c(c5)c5ccccc5n6-c5cccc6ccccc56)cc4c4ncccc43)c2)cc1. The van der Waals surface area contributed by atoms with Crippen LogP contribution in [-0.2, 0) is 0 Å². The summed E-state index contributed by atoms with van der Waals surface area (Å²) in [6.07, 6.45) is 1.89. The fraction of sp³-hybridized carbons (Fsp3) is 0. The van der Waals surface area contributed by atoms with Gasteiger partial charge in [0.05, 0.1) is 39.0 Å². The van der Waals surface area contributed by atoms with E-state index < -0.39 is 0 Å². The van der Waals surface area contributed by atoms with E-state index in [0.29, 0.717) is 0 Å². The van der Waals surface area contributed by atoms with Crippen LogP contribution in [0.5, 0.6) is 0 Å². The quantitative estimate of drug-likeness (QED) is 0.180. The largest absolute Gasteiger partial charge is 0.309 e. The molecule has 4 aromatic heterocycles. The molecule has 0 aliphatic heterocycles. The standard InChI is InChI=1S/C50H32N4/c1-3-13-33(14-4-1)38-31-43(35-16-5-2-6-17-35)52-49(32-38)54-47-27-25-37(30-42(47)50-48(54)23-12-28-51-50)36-24-26-46-41(29-36)40-20-9-10-21-45(40)53(46)44-22-11-18-34-15-7-8-19-39(34)44/h1-32H. The van der Waals surface area contributed by atoms with Gasteiger partial charge in [0.25, 0.3) is 0 Å². The van der Waals surface area contributed by atoms with Gasteiger partial charge in [-0.3, -0.25) is 9.55 Å². The van der Waals surface area contributed by atoms with Crippen molar-refractivity contribution < 1.29 is 0 Å². The van der Waals surface area contributed by atoms with Crippen LogP contribution in [0, 0.1) is 0 Å². The monoisotopic (exact) mass is 688 g/mol. The average molecular weight is 689 g/mol. The van der Waals surface area contributed by atoms with E-state index in [2.05, 4.69) is 185 Å². The third kappa shape index (κ3) is 4.78. The van der Waals surface area contributed by atoms with Crippen molar-refractivity contribution in [2.75, 3.05) is 0 Å². The van der Waals surface area contributed by atoms with Crippen molar-refractivity contribution in [3.63, 3.8) is 0 Å². The van der Waals surface area contributed by atoms with Gasteiger partial charge in [-0.25, -0.2) is 4.98 Å². The first-order chi connectivity index (χ1) is 26.8. The van der Waals surface area contributed by atoms with Crippen LogP contribution in [0.15, 0.2) is 194 Å². The van der Waals surface area contributed by atoms with E-state index in [9.17, 15) is 0 Å². The zero-order valence-corrected chi connectivity index (χ0v) is 29.3. The van der Waals surface area contributed by atoms with Crippen molar-refractivity contribution in [3.05, 3.63) is 194 Å². The molecule has 0 unspecified atom stereocenters. The second-order valence-electron chi connectivity index (χ2n) is 13.9. The second kappa shape index (κ2) is 12.1. The van der Waals surface area contributed by atoms with E-state index in [1.165, 1.54) is 38.3 Å². The van der Waals surface area contributed by atoms with Crippen molar-refractivity contribution in [2.24, 2.45) is 0 Å². The number of benzene rings is 7. The van der Waals surface area contributed by atoms with Gasteiger partial charge in [-0.05, 0) is 88.3 Å². The lowest BCUT2D eigenvalue weighted by atomic mass is 10.0. The lowest BCUT2D eigenvalue weighted by Crippen LogP contribution is -2.00. The maximum absolute atomic E-state index is 5.29. The Hall–Kier alpha value is -7.30. The normalized spacial score (nSPS) is 11.7. The summed E-state index contributed by atoms with van der Waals surface area (Å²) in [5.41, 5.74) is 13.2. The third-order valence-electron chi connectivity index (χ3n) is 10.8. The molecule has 0 amide bonds. The van der Waals surface area contributed by atoms with E-state index in [-0.39, 0.29) is 0 Å². The first kappa shape index (κ1) is 30.3. The molecule has 11 rings (SSSR count). The highest BCUT2D eigenvalue weighted by Crippen LogP contribution is 2.39. The molecule has 4 nitrogen and oxygen atoms in total. The predicted molar refractivity (Wildman–Crippen MR) is 225 cm³/mol. The highest BCUT2D eigenvalue weighted by Gasteiger charge is 2.19. The first-order valence-corrected chi connectivity index (χ1v) is 18.3. The minimum absolute atomic E-state index is 0.860. The topological polar surface area (TPSA) is 35.6 Å². The predicted octanol–water partition coefficient (Wildman–Crippen LogP) is 12.8. The summed E-state index contributed by atoms with van der Waals surface area (Å²) in [7, 11) is 0. The molecule has 4 heterocycles. The molecule has 0 radical (unpaired) electrons. The summed E-state index contributed by atoms with van der Waals surface area (Å²) in [5.74, 6) is 0.860. The summed E-state index contributed by atoms with van der Waals surface area (Å²) >= 11 is 0. The zero-order valence-electron chi connectivity index (χ0n) is 29.3. The molecule has 4 heteroatoms. The van der Waals surface area contributed by atoms with Crippen molar-refractivity contribution in [3.8, 4) is 45.0 Å². The Labute approximate surface area is 311 Å². The number of nitrogens with zero attached hydrogens (tertiary/aromatic N) is 4. The lowest BCUT2D eigenvalue weighted by Gasteiger charge is -2.13. The van der Waals surface area contributed by atoms with Crippen LogP contribution in [0.25, 0.3) is 99.5 Å². The maximum atomic E-state index is 5.29. The van der Waals surface area contributed by atoms with Gasteiger partial charge in [0.2, 0.25) is 0 Å². The Morgan fingerprint density at radius 1 is 0.352 bits per heavy atom. The molecule has 0 aliphatic carbocycles. The molecule has 11 aromatic rings. The number of hydrogen-bond acceptors (Lipinski definition) is 2. The van der Waals surface area contributed by atoms with Gasteiger partial charge >= 0.3 is 0 Å². The minimum atomic E-state index is 0.860. The van der Waals surface area contributed by atoms with Gasteiger partial charge in [0.1, 0.15) is 5.82 Å². The van der Waals surface area contributed by atoms with Gasteiger partial charge in [-0.2, -0.15) is 0 Å². The van der Waals surface area contributed by atoms with Crippen molar-refractivity contribution >= 4 is 54.5 Å². The molecule has 252 valence electrons. The van der Waals surface area contributed by atoms with Crippen LogP contribution >= 0.6 is 0 Å². The third-order valence-corrected chi connectivity index (χ3v) is 10.8. The molecule has 0 fully saturated rings. The maximum Gasteiger partial charge on any atom is 0.138 e. The zero-order chi connectivity index (χ0) is 35.6. The number of rotatable bonds is 5. The molecule has 0 atom stereocenters. The van der Waals surface area contributed by atoms with Crippen molar-refractivity contribution in [1.82, 2.24) is 19.1 Å². The number of aromatic nitrogens is 4. The summed E-state index contributed by atoms with van der Waals surface area (Å²) in [6, 6.07) is 67.1. The molecule has 54 heavy (non-hydrogen) atoms. The molecule has 0 saturated carbocycles. The summed E-state index contributed by atoms with van der Waals surface area (Å²) in [5, 5.41) is 6.03.